The molecule has 1 aliphatic heterocycles. The van der Waals surface area contributed by atoms with Crippen LogP contribution in [0.1, 0.15) is 30.4 Å². The lowest BCUT2D eigenvalue weighted by Gasteiger charge is -2.25. The molecule has 0 aliphatic carbocycles. The predicted octanol–water partition coefficient (Wildman–Crippen LogP) is 2.73. The summed E-state index contributed by atoms with van der Waals surface area (Å²) in [5.41, 5.74) is 1.76. The lowest BCUT2D eigenvalue weighted by molar-refractivity contribution is -0.126. The molecule has 0 bridgehead atoms. The zero-order valence-corrected chi connectivity index (χ0v) is 10.7. The molecule has 96 valence electrons. The van der Waals surface area contributed by atoms with Gasteiger partial charge >= 0.3 is 0 Å². The number of phenols is 1. The first kappa shape index (κ1) is 12.7. The van der Waals surface area contributed by atoms with Crippen LogP contribution < -0.4 is 0 Å². The number of amides is 1. The standard InChI is InChI=1S/C15H19NO2/c1-12-5-7-14(17)13(11-12)6-8-15(18)16-9-3-2-4-10-16/h5-8,11,17H,2-4,9-10H2,1H3/b8-6+. The molecule has 0 unspecified atom stereocenters. The average molecular weight is 245 g/mol. The summed E-state index contributed by atoms with van der Waals surface area (Å²) < 4.78 is 0. The summed E-state index contributed by atoms with van der Waals surface area (Å²) in [4.78, 5) is 13.8. The van der Waals surface area contributed by atoms with Crippen LogP contribution in [0.5, 0.6) is 5.75 Å². The number of aryl methyl sites for hydroxylation is 1. The maximum atomic E-state index is 11.9. The molecule has 1 aliphatic rings. The van der Waals surface area contributed by atoms with Crippen LogP contribution in [0.2, 0.25) is 0 Å². The molecule has 0 radical (unpaired) electrons. The highest BCUT2D eigenvalue weighted by molar-refractivity contribution is 5.92. The van der Waals surface area contributed by atoms with Gasteiger partial charge in [0.05, 0.1) is 0 Å². The molecule has 0 spiro atoms. The zero-order chi connectivity index (χ0) is 13.0. The minimum atomic E-state index is 0.0376. The monoisotopic (exact) mass is 245 g/mol. The van der Waals surface area contributed by atoms with Crippen molar-refractivity contribution < 1.29 is 9.90 Å². The van der Waals surface area contributed by atoms with Gasteiger partial charge in [0, 0.05) is 24.7 Å². The van der Waals surface area contributed by atoms with Crippen molar-refractivity contribution in [2.24, 2.45) is 0 Å². The van der Waals surface area contributed by atoms with Crippen LogP contribution >= 0.6 is 0 Å². The lowest BCUT2D eigenvalue weighted by atomic mass is 10.1. The topological polar surface area (TPSA) is 40.5 Å². The molecule has 1 aromatic rings. The van der Waals surface area contributed by atoms with E-state index in [1.54, 1.807) is 18.2 Å². The van der Waals surface area contributed by atoms with Crippen molar-refractivity contribution in [2.45, 2.75) is 26.2 Å². The Morgan fingerprint density at radius 1 is 1.28 bits per heavy atom. The third kappa shape index (κ3) is 3.13. The van der Waals surface area contributed by atoms with Crippen LogP contribution in [0.15, 0.2) is 24.3 Å². The lowest BCUT2D eigenvalue weighted by Crippen LogP contribution is -2.34. The zero-order valence-electron chi connectivity index (χ0n) is 10.7. The first-order valence-electron chi connectivity index (χ1n) is 6.43. The Bertz CT molecular complexity index is 460. The summed E-state index contributed by atoms with van der Waals surface area (Å²) in [5, 5.41) is 9.68. The molecule has 2 rings (SSSR count). The molecule has 0 aromatic heterocycles. The van der Waals surface area contributed by atoms with Crippen LogP contribution in [0.4, 0.5) is 0 Å². The first-order valence-corrected chi connectivity index (χ1v) is 6.43. The van der Waals surface area contributed by atoms with E-state index in [4.69, 9.17) is 0 Å². The summed E-state index contributed by atoms with van der Waals surface area (Å²) in [6, 6.07) is 5.37. The van der Waals surface area contributed by atoms with Crippen molar-refractivity contribution in [1.82, 2.24) is 4.90 Å². The Balaban J connectivity index is 2.05. The number of piperidine rings is 1. The molecule has 3 nitrogen and oxygen atoms in total. The van der Waals surface area contributed by atoms with Crippen molar-refractivity contribution in [3.8, 4) is 5.75 Å². The molecule has 1 heterocycles. The number of hydrogen-bond acceptors (Lipinski definition) is 2. The Hall–Kier alpha value is -1.77. The largest absolute Gasteiger partial charge is 0.507 e. The number of carbonyl (C=O) groups is 1. The Labute approximate surface area is 108 Å². The fraction of sp³-hybridized carbons (Fsp3) is 0.400. The van der Waals surface area contributed by atoms with Gasteiger partial charge < -0.3 is 10.0 Å². The van der Waals surface area contributed by atoms with Crippen molar-refractivity contribution in [3.05, 3.63) is 35.4 Å². The number of nitrogens with zero attached hydrogens (tertiary/aromatic N) is 1. The minimum absolute atomic E-state index is 0.0376. The van der Waals surface area contributed by atoms with Crippen LogP contribution in [-0.2, 0) is 4.79 Å². The Morgan fingerprint density at radius 3 is 2.72 bits per heavy atom. The van der Waals surface area contributed by atoms with Gasteiger partial charge in [-0.1, -0.05) is 11.6 Å². The molecule has 0 saturated carbocycles. The highest BCUT2D eigenvalue weighted by Crippen LogP contribution is 2.20. The van der Waals surface area contributed by atoms with E-state index in [1.165, 1.54) is 6.42 Å². The SMILES string of the molecule is Cc1ccc(O)c(/C=C/C(=O)N2CCCCC2)c1. The normalized spacial score (nSPS) is 16.2. The van der Waals surface area contributed by atoms with Gasteiger partial charge in [-0.3, -0.25) is 4.79 Å². The Morgan fingerprint density at radius 2 is 2.00 bits per heavy atom. The number of likely N-dealkylation sites (tertiary alicyclic amines) is 1. The van der Waals surface area contributed by atoms with Gasteiger partial charge in [-0.2, -0.15) is 0 Å². The molecule has 18 heavy (non-hydrogen) atoms. The predicted molar refractivity (Wildman–Crippen MR) is 72.3 cm³/mol. The number of rotatable bonds is 2. The summed E-state index contributed by atoms with van der Waals surface area (Å²) in [5.74, 6) is 0.249. The van der Waals surface area contributed by atoms with E-state index in [0.717, 1.165) is 31.5 Å². The van der Waals surface area contributed by atoms with Crippen molar-refractivity contribution in [2.75, 3.05) is 13.1 Å². The molecule has 1 saturated heterocycles. The smallest absolute Gasteiger partial charge is 0.246 e. The van der Waals surface area contributed by atoms with Gasteiger partial charge in [-0.05, 0) is 44.4 Å². The average Bonchev–Trinajstić information content (AvgIpc) is 2.40. The molecular weight excluding hydrogens is 226 g/mol. The maximum Gasteiger partial charge on any atom is 0.246 e. The maximum absolute atomic E-state index is 11.9. The van der Waals surface area contributed by atoms with E-state index in [2.05, 4.69) is 0 Å². The van der Waals surface area contributed by atoms with Crippen molar-refractivity contribution in [1.29, 1.82) is 0 Å². The number of phenolic OH excluding ortho intramolecular Hbond substituents is 1. The second-order valence-electron chi connectivity index (χ2n) is 4.78. The molecule has 1 amide bonds. The van der Waals surface area contributed by atoms with Crippen molar-refractivity contribution in [3.63, 3.8) is 0 Å². The third-order valence-corrected chi connectivity index (χ3v) is 3.26. The molecule has 1 fully saturated rings. The highest BCUT2D eigenvalue weighted by Gasteiger charge is 2.13. The van der Waals surface area contributed by atoms with Crippen LogP contribution in [0, 0.1) is 6.92 Å². The molecule has 1 aromatic carbocycles. The second-order valence-corrected chi connectivity index (χ2v) is 4.78. The summed E-state index contributed by atoms with van der Waals surface area (Å²) in [6.07, 6.45) is 6.65. The Kier molecular flexibility index (Phi) is 4.03. The van der Waals surface area contributed by atoms with Crippen molar-refractivity contribution >= 4 is 12.0 Å². The van der Waals surface area contributed by atoms with Gasteiger partial charge in [0.15, 0.2) is 0 Å². The van der Waals surface area contributed by atoms with E-state index in [-0.39, 0.29) is 11.7 Å². The highest BCUT2D eigenvalue weighted by atomic mass is 16.3. The molecule has 1 N–H and O–H groups in total. The van der Waals surface area contributed by atoms with Crippen LogP contribution in [-0.4, -0.2) is 29.0 Å². The van der Waals surface area contributed by atoms with Crippen LogP contribution in [0.25, 0.3) is 6.08 Å². The quantitative estimate of drug-likeness (QED) is 0.814. The van der Waals surface area contributed by atoms with E-state index in [9.17, 15) is 9.90 Å². The minimum Gasteiger partial charge on any atom is -0.507 e. The van der Waals surface area contributed by atoms with Gasteiger partial charge in [-0.15, -0.1) is 0 Å². The summed E-state index contributed by atoms with van der Waals surface area (Å²) >= 11 is 0. The summed E-state index contributed by atoms with van der Waals surface area (Å²) in [6.45, 7) is 3.66. The van der Waals surface area contributed by atoms with Gasteiger partial charge in [0.25, 0.3) is 0 Å². The number of benzene rings is 1. The van der Waals surface area contributed by atoms with Crippen LogP contribution in [0.3, 0.4) is 0 Å². The van der Waals surface area contributed by atoms with Gasteiger partial charge in [0.2, 0.25) is 5.91 Å². The van der Waals surface area contributed by atoms with E-state index < -0.39 is 0 Å². The van der Waals surface area contributed by atoms with E-state index in [0.29, 0.717) is 5.56 Å². The fourth-order valence-corrected chi connectivity index (χ4v) is 2.19. The number of aromatic hydroxyl groups is 1. The molecule has 3 heteroatoms. The first-order chi connectivity index (χ1) is 8.66. The fourth-order valence-electron chi connectivity index (χ4n) is 2.19. The number of hydrogen-bond donors (Lipinski definition) is 1. The summed E-state index contributed by atoms with van der Waals surface area (Å²) in [7, 11) is 0. The van der Waals surface area contributed by atoms with Gasteiger partial charge in [0.1, 0.15) is 5.75 Å². The van der Waals surface area contributed by atoms with E-state index >= 15 is 0 Å². The molecule has 0 atom stereocenters. The third-order valence-electron chi connectivity index (χ3n) is 3.26. The molecular formula is C15H19NO2. The number of carbonyl (C=O) groups excluding carboxylic acids is 1. The van der Waals surface area contributed by atoms with E-state index in [1.807, 2.05) is 24.0 Å². The second kappa shape index (κ2) is 5.71. The van der Waals surface area contributed by atoms with Gasteiger partial charge in [-0.25, -0.2) is 0 Å².